The van der Waals surface area contributed by atoms with E-state index >= 15 is 0 Å². The van der Waals surface area contributed by atoms with Gasteiger partial charge in [0.1, 0.15) is 5.75 Å². The molecule has 0 aliphatic heterocycles. The molecule has 0 radical (unpaired) electrons. The summed E-state index contributed by atoms with van der Waals surface area (Å²) in [5.41, 5.74) is 8.74. The van der Waals surface area contributed by atoms with Gasteiger partial charge in [0.15, 0.2) is 0 Å². The van der Waals surface area contributed by atoms with Gasteiger partial charge < -0.3 is 16.2 Å². The van der Waals surface area contributed by atoms with E-state index in [-0.39, 0.29) is 5.69 Å². The maximum Gasteiger partial charge on any atom is 0.467 e. The molecule has 4 N–H and O–H groups in total. The highest BCUT2D eigenvalue weighted by atomic mass is 19.4. The van der Waals surface area contributed by atoms with Gasteiger partial charge in [-0.3, -0.25) is 0 Å². The Morgan fingerprint density at radius 3 is 1.88 bits per heavy atom. The Labute approximate surface area is 132 Å². The van der Waals surface area contributed by atoms with Crippen LogP contribution in [-0.2, 0) is 5.92 Å². The molecule has 0 saturated carbocycles. The molecule has 130 valence electrons. The maximum atomic E-state index is 14.6. The predicted octanol–water partition coefficient (Wildman–Crippen LogP) is 4.25. The van der Waals surface area contributed by atoms with Crippen molar-refractivity contribution in [3.05, 3.63) is 54.1 Å². The molecule has 0 aromatic heterocycles. The van der Waals surface area contributed by atoms with E-state index in [0.29, 0.717) is 12.1 Å². The van der Waals surface area contributed by atoms with E-state index in [1.54, 1.807) is 0 Å². The zero-order valence-electron chi connectivity index (χ0n) is 11.9. The van der Waals surface area contributed by atoms with Gasteiger partial charge in [0.2, 0.25) is 0 Å². The third-order valence-corrected chi connectivity index (χ3v) is 3.26. The monoisotopic (exact) mass is 350 g/mol. The van der Waals surface area contributed by atoms with Crippen molar-refractivity contribution in [2.45, 2.75) is 18.0 Å². The Kier molecular flexibility index (Phi) is 4.30. The number of para-hydroxylation sites is 1. The Hall–Kier alpha value is -2.58. The van der Waals surface area contributed by atoms with Crippen LogP contribution in [-0.4, -0.2) is 12.0 Å². The minimum atomic E-state index is -6.05. The van der Waals surface area contributed by atoms with E-state index < -0.39 is 35.0 Å². The standard InChI is InChI=1S/C15H12F6N2O/c16-13(17,9-5-2-1-3-6-9)14(18,15(19,20)21)24-11-8-4-7-10(22)12(11)23/h1-8H,22-23H2. The predicted molar refractivity (Wildman–Crippen MR) is 76.1 cm³/mol. The molecular formula is C15H12F6N2O. The molecule has 1 atom stereocenters. The highest BCUT2D eigenvalue weighted by Gasteiger charge is 2.75. The summed E-state index contributed by atoms with van der Waals surface area (Å²) in [7, 11) is 0. The number of rotatable bonds is 4. The van der Waals surface area contributed by atoms with Crippen LogP contribution in [0.25, 0.3) is 0 Å². The van der Waals surface area contributed by atoms with Crippen molar-refractivity contribution in [1.29, 1.82) is 0 Å². The second-order valence-corrected chi connectivity index (χ2v) is 4.89. The molecule has 9 heteroatoms. The van der Waals surface area contributed by atoms with Gasteiger partial charge in [-0.1, -0.05) is 36.4 Å². The highest BCUT2D eigenvalue weighted by molar-refractivity contribution is 5.70. The van der Waals surface area contributed by atoms with E-state index in [2.05, 4.69) is 4.74 Å². The highest BCUT2D eigenvalue weighted by Crippen LogP contribution is 2.52. The first-order valence-corrected chi connectivity index (χ1v) is 6.52. The number of anilines is 2. The third-order valence-electron chi connectivity index (χ3n) is 3.26. The maximum absolute atomic E-state index is 14.6. The Morgan fingerprint density at radius 2 is 1.33 bits per heavy atom. The van der Waals surface area contributed by atoms with E-state index in [9.17, 15) is 26.3 Å². The van der Waals surface area contributed by atoms with Gasteiger partial charge in [0.05, 0.1) is 11.4 Å². The summed E-state index contributed by atoms with van der Waals surface area (Å²) in [6.07, 6.45) is -6.05. The Morgan fingerprint density at radius 1 is 0.750 bits per heavy atom. The van der Waals surface area contributed by atoms with E-state index in [4.69, 9.17) is 11.5 Å². The van der Waals surface area contributed by atoms with Crippen LogP contribution in [0.2, 0.25) is 0 Å². The summed E-state index contributed by atoms with van der Waals surface area (Å²) < 4.78 is 86.7. The summed E-state index contributed by atoms with van der Waals surface area (Å²) in [6.45, 7) is 0. The van der Waals surface area contributed by atoms with Crippen molar-refractivity contribution in [3.8, 4) is 5.75 Å². The van der Waals surface area contributed by atoms with Crippen molar-refractivity contribution >= 4 is 11.4 Å². The van der Waals surface area contributed by atoms with Crippen molar-refractivity contribution < 1.29 is 31.1 Å². The fourth-order valence-corrected chi connectivity index (χ4v) is 1.93. The summed E-state index contributed by atoms with van der Waals surface area (Å²) >= 11 is 0. The normalized spacial score (nSPS) is 14.9. The first kappa shape index (κ1) is 17.8. The fraction of sp³-hybridized carbons (Fsp3) is 0.200. The lowest BCUT2D eigenvalue weighted by atomic mass is 10.0. The number of benzene rings is 2. The number of nitrogens with two attached hydrogens (primary N) is 2. The average Bonchev–Trinajstić information content (AvgIpc) is 2.51. The third kappa shape index (κ3) is 2.81. The SMILES string of the molecule is Nc1cccc(OC(F)(C(F)(F)F)C(F)(F)c2ccccc2)c1N. The second-order valence-electron chi connectivity index (χ2n) is 4.89. The number of halogens is 6. The Bertz CT molecular complexity index is 720. The number of hydrogen-bond donors (Lipinski definition) is 2. The van der Waals surface area contributed by atoms with Gasteiger partial charge in [-0.2, -0.15) is 26.3 Å². The van der Waals surface area contributed by atoms with Crippen LogP contribution in [0.5, 0.6) is 5.75 Å². The van der Waals surface area contributed by atoms with E-state index in [1.807, 2.05) is 0 Å². The molecule has 0 aliphatic rings. The van der Waals surface area contributed by atoms with Gasteiger partial charge >= 0.3 is 18.0 Å². The molecule has 0 bridgehead atoms. The van der Waals surface area contributed by atoms with Crippen molar-refractivity contribution in [2.24, 2.45) is 0 Å². The van der Waals surface area contributed by atoms with Crippen molar-refractivity contribution in [2.75, 3.05) is 11.5 Å². The Balaban J connectivity index is 2.57. The minimum Gasteiger partial charge on any atom is -0.443 e. The number of hydrogen-bond acceptors (Lipinski definition) is 3. The van der Waals surface area contributed by atoms with Gasteiger partial charge in [0.25, 0.3) is 0 Å². The molecule has 0 fully saturated rings. The number of nitrogen functional groups attached to an aromatic ring is 2. The van der Waals surface area contributed by atoms with E-state index in [0.717, 1.165) is 24.3 Å². The number of ether oxygens (including phenoxy) is 1. The zero-order valence-corrected chi connectivity index (χ0v) is 11.9. The lowest BCUT2D eigenvalue weighted by Gasteiger charge is -2.35. The minimum absolute atomic E-state index is 0.236. The van der Waals surface area contributed by atoms with Gasteiger partial charge in [-0.25, -0.2) is 0 Å². The molecule has 2 rings (SSSR count). The smallest absolute Gasteiger partial charge is 0.443 e. The quantitative estimate of drug-likeness (QED) is 0.640. The molecule has 2 aromatic rings. The molecule has 3 nitrogen and oxygen atoms in total. The zero-order chi connectivity index (χ0) is 18.2. The van der Waals surface area contributed by atoms with Crippen LogP contribution < -0.4 is 16.2 Å². The van der Waals surface area contributed by atoms with E-state index in [1.165, 1.54) is 12.1 Å². The lowest BCUT2D eigenvalue weighted by molar-refractivity contribution is -0.378. The van der Waals surface area contributed by atoms with Crippen LogP contribution in [0.1, 0.15) is 5.56 Å². The van der Waals surface area contributed by atoms with Gasteiger partial charge in [0, 0.05) is 5.56 Å². The van der Waals surface area contributed by atoms with Crippen LogP contribution in [0, 0.1) is 0 Å². The molecule has 2 aromatic carbocycles. The largest absolute Gasteiger partial charge is 0.467 e. The van der Waals surface area contributed by atoms with Crippen LogP contribution in [0.15, 0.2) is 48.5 Å². The molecule has 24 heavy (non-hydrogen) atoms. The summed E-state index contributed by atoms with van der Waals surface area (Å²) in [5, 5.41) is 0. The summed E-state index contributed by atoms with van der Waals surface area (Å²) in [4.78, 5) is 0. The van der Waals surface area contributed by atoms with Gasteiger partial charge in [-0.05, 0) is 12.1 Å². The summed E-state index contributed by atoms with van der Waals surface area (Å²) in [5.74, 6) is -11.3. The van der Waals surface area contributed by atoms with Gasteiger partial charge in [-0.15, -0.1) is 0 Å². The fourth-order valence-electron chi connectivity index (χ4n) is 1.93. The van der Waals surface area contributed by atoms with Crippen molar-refractivity contribution in [1.82, 2.24) is 0 Å². The topological polar surface area (TPSA) is 61.3 Å². The molecule has 0 amide bonds. The van der Waals surface area contributed by atoms with Crippen LogP contribution in [0.4, 0.5) is 37.7 Å². The molecule has 0 heterocycles. The van der Waals surface area contributed by atoms with Crippen LogP contribution in [0.3, 0.4) is 0 Å². The molecule has 0 aliphatic carbocycles. The number of alkyl halides is 6. The molecular weight excluding hydrogens is 338 g/mol. The van der Waals surface area contributed by atoms with Crippen molar-refractivity contribution in [3.63, 3.8) is 0 Å². The first-order chi connectivity index (χ1) is 11.0. The lowest BCUT2D eigenvalue weighted by Crippen LogP contribution is -2.58. The molecule has 1 unspecified atom stereocenters. The first-order valence-electron chi connectivity index (χ1n) is 6.52. The summed E-state index contributed by atoms with van der Waals surface area (Å²) in [6, 6.07) is 7.82. The molecule has 0 spiro atoms. The molecule has 0 saturated heterocycles. The average molecular weight is 350 g/mol. The van der Waals surface area contributed by atoms with Crippen LogP contribution >= 0.6 is 0 Å². The second kappa shape index (κ2) is 5.81.